The fourth-order valence-electron chi connectivity index (χ4n) is 8.76. The highest BCUT2D eigenvalue weighted by molar-refractivity contribution is 6.06. The SMILES string of the molecule is CC1(C)c2cc3ccccc3cc2-c2c(-c3cccc(-c4cc(-c5ccc(-c6ccc7c(c6)oc6ccccc67)cc5)nc(-c5ccccc5)n4)c3)cccc21. The van der Waals surface area contributed by atoms with Crippen molar-refractivity contribution in [2.45, 2.75) is 19.3 Å². The molecule has 8 aromatic carbocycles. The van der Waals surface area contributed by atoms with Gasteiger partial charge in [-0.2, -0.15) is 0 Å². The Morgan fingerprint density at radius 2 is 1.04 bits per heavy atom. The Hall–Kier alpha value is -7.10. The zero-order valence-corrected chi connectivity index (χ0v) is 31.1. The fourth-order valence-corrected chi connectivity index (χ4v) is 8.76. The third-order valence-corrected chi connectivity index (χ3v) is 11.7. The summed E-state index contributed by atoms with van der Waals surface area (Å²) < 4.78 is 6.20. The molecule has 3 nitrogen and oxygen atoms in total. The van der Waals surface area contributed by atoms with Crippen molar-refractivity contribution in [1.29, 1.82) is 0 Å². The van der Waals surface area contributed by atoms with Crippen LogP contribution in [0.5, 0.6) is 0 Å². The summed E-state index contributed by atoms with van der Waals surface area (Å²) in [5.41, 5.74) is 16.5. The van der Waals surface area contributed by atoms with Crippen molar-refractivity contribution < 1.29 is 4.42 Å². The predicted octanol–water partition coefficient (Wildman–Crippen LogP) is 14.2. The van der Waals surface area contributed by atoms with E-state index >= 15 is 0 Å². The van der Waals surface area contributed by atoms with Gasteiger partial charge in [0.05, 0.1) is 11.4 Å². The van der Waals surface area contributed by atoms with Crippen molar-refractivity contribution in [2.24, 2.45) is 0 Å². The minimum atomic E-state index is -0.107. The molecule has 2 heterocycles. The van der Waals surface area contributed by atoms with Crippen molar-refractivity contribution >= 4 is 32.7 Å². The van der Waals surface area contributed by atoms with E-state index in [0.29, 0.717) is 5.82 Å². The van der Waals surface area contributed by atoms with Gasteiger partial charge in [0.25, 0.3) is 0 Å². The molecule has 11 rings (SSSR count). The summed E-state index contributed by atoms with van der Waals surface area (Å²) in [4.78, 5) is 10.3. The summed E-state index contributed by atoms with van der Waals surface area (Å²) in [6.07, 6.45) is 0. The lowest BCUT2D eigenvalue weighted by molar-refractivity contribution is 0.661. The van der Waals surface area contributed by atoms with E-state index in [0.717, 1.165) is 61.1 Å². The first-order chi connectivity index (χ1) is 27.5. The van der Waals surface area contributed by atoms with Crippen molar-refractivity contribution in [3.63, 3.8) is 0 Å². The van der Waals surface area contributed by atoms with Gasteiger partial charge < -0.3 is 4.42 Å². The molecule has 264 valence electrons. The monoisotopic (exact) mass is 716 g/mol. The van der Waals surface area contributed by atoms with Gasteiger partial charge in [0.15, 0.2) is 5.82 Å². The van der Waals surface area contributed by atoms with Gasteiger partial charge in [0.1, 0.15) is 11.2 Å². The van der Waals surface area contributed by atoms with E-state index in [9.17, 15) is 0 Å². The predicted molar refractivity (Wildman–Crippen MR) is 232 cm³/mol. The summed E-state index contributed by atoms with van der Waals surface area (Å²) in [5, 5.41) is 4.81. The minimum Gasteiger partial charge on any atom is -0.456 e. The van der Waals surface area contributed by atoms with Gasteiger partial charge in [-0.15, -0.1) is 0 Å². The van der Waals surface area contributed by atoms with E-state index in [2.05, 4.69) is 166 Å². The maximum atomic E-state index is 6.20. The Bertz CT molecular complexity index is 3150. The van der Waals surface area contributed by atoms with Crippen molar-refractivity contribution in [2.75, 3.05) is 0 Å². The van der Waals surface area contributed by atoms with E-state index in [1.807, 2.05) is 30.3 Å². The molecule has 0 amide bonds. The number of fused-ring (bicyclic) bond motifs is 7. The number of hydrogen-bond donors (Lipinski definition) is 0. The summed E-state index contributed by atoms with van der Waals surface area (Å²) in [7, 11) is 0. The molecule has 1 aliphatic rings. The molecule has 0 spiro atoms. The molecular formula is C53H36N2O. The van der Waals surface area contributed by atoms with Crippen molar-refractivity contribution in [1.82, 2.24) is 9.97 Å². The molecule has 1 aliphatic carbocycles. The largest absolute Gasteiger partial charge is 0.456 e. The number of rotatable bonds is 5. The van der Waals surface area contributed by atoms with Crippen LogP contribution in [0, 0.1) is 0 Å². The third kappa shape index (κ3) is 5.20. The van der Waals surface area contributed by atoms with Gasteiger partial charge in [0, 0.05) is 32.9 Å². The molecule has 0 N–H and O–H groups in total. The quantitative estimate of drug-likeness (QED) is 0.178. The summed E-state index contributed by atoms with van der Waals surface area (Å²) in [6.45, 7) is 4.71. The van der Waals surface area contributed by atoms with Crippen molar-refractivity contribution in [3.8, 4) is 67.3 Å². The molecule has 0 bridgehead atoms. The Kier molecular flexibility index (Phi) is 7.20. The summed E-state index contributed by atoms with van der Waals surface area (Å²) >= 11 is 0. The first-order valence-corrected chi connectivity index (χ1v) is 19.2. The molecule has 3 heteroatoms. The Labute approximate surface area is 325 Å². The second kappa shape index (κ2) is 12.5. The highest BCUT2D eigenvalue weighted by Crippen LogP contribution is 2.53. The Morgan fingerprint density at radius 1 is 0.393 bits per heavy atom. The first kappa shape index (κ1) is 32.3. The first-order valence-electron chi connectivity index (χ1n) is 19.2. The molecule has 2 aromatic heterocycles. The lowest BCUT2D eigenvalue weighted by Crippen LogP contribution is -2.14. The van der Waals surface area contributed by atoms with Gasteiger partial charge >= 0.3 is 0 Å². The van der Waals surface area contributed by atoms with Crippen LogP contribution >= 0.6 is 0 Å². The zero-order chi connectivity index (χ0) is 37.4. The number of aromatic nitrogens is 2. The average molecular weight is 717 g/mol. The van der Waals surface area contributed by atoms with Gasteiger partial charge in [-0.05, 0) is 97.7 Å². The smallest absolute Gasteiger partial charge is 0.160 e. The van der Waals surface area contributed by atoms with Crippen LogP contribution in [0.4, 0.5) is 0 Å². The number of para-hydroxylation sites is 1. The zero-order valence-electron chi connectivity index (χ0n) is 31.1. The third-order valence-electron chi connectivity index (χ3n) is 11.7. The summed E-state index contributed by atoms with van der Waals surface area (Å²) in [6, 6.07) is 64.8. The van der Waals surface area contributed by atoms with Crippen LogP contribution in [0.25, 0.3) is 100.0 Å². The van der Waals surface area contributed by atoms with E-state index in [-0.39, 0.29) is 5.41 Å². The second-order valence-electron chi connectivity index (χ2n) is 15.4. The molecule has 0 fully saturated rings. The van der Waals surface area contributed by atoms with E-state index in [4.69, 9.17) is 14.4 Å². The fraction of sp³-hybridized carbons (Fsp3) is 0.0566. The molecule has 10 aromatic rings. The molecule has 0 saturated heterocycles. The van der Waals surface area contributed by atoms with Gasteiger partial charge in [0.2, 0.25) is 0 Å². The van der Waals surface area contributed by atoms with Crippen LogP contribution in [0.1, 0.15) is 25.0 Å². The maximum Gasteiger partial charge on any atom is 0.160 e. The standard InChI is InChI=1S/C53H36N2O/c1-53(2)45-20-11-19-41(51(45)44-29-36-14-6-7-15-37(36)30-46(44)53)39-16-10-17-40(28-39)48-32-47(54-52(55-48)35-12-4-3-5-13-35)34-24-22-33(23-25-34)38-26-27-43-42-18-8-9-21-49(42)56-50(43)31-38/h3-32H,1-2H3. The molecule has 0 aliphatic heterocycles. The van der Waals surface area contributed by atoms with E-state index in [1.54, 1.807) is 0 Å². The van der Waals surface area contributed by atoms with Crippen LogP contribution in [0.2, 0.25) is 0 Å². The van der Waals surface area contributed by atoms with Crippen LogP contribution < -0.4 is 0 Å². The topological polar surface area (TPSA) is 38.9 Å². The van der Waals surface area contributed by atoms with Gasteiger partial charge in [-0.3, -0.25) is 0 Å². The lowest BCUT2D eigenvalue weighted by Gasteiger charge is -2.22. The molecule has 0 atom stereocenters. The van der Waals surface area contributed by atoms with Crippen LogP contribution in [-0.2, 0) is 5.41 Å². The number of nitrogens with zero attached hydrogens (tertiary/aromatic N) is 2. The average Bonchev–Trinajstić information content (AvgIpc) is 3.74. The Balaban J connectivity index is 1.00. The number of benzene rings is 8. The van der Waals surface area contributed by atoms with Crippen LogP contribution in [0.15, 0.2) is 186 Å². The Morgan fingerprint density at radius 3 is 1.88 bits per heavy atom. The van der Waals surface area contributed by atoms with Gasteiger partial charge in [-0.1, -0.05) is 153 Å². The minimum absolute atomic E-state index is 0.107. The summed E-state index contributed by atoms with van der Waals surface area (Å²) in [5.74, 6) is 0.700. The maximum absolute atomic E-state index is 6.20. The highest BCUT2D eigenvalue weighted by Gasteiger charge is 2.37. The van der Waals surface area contributed by atoms with E-state index in [1.165, 1.54) is 44.2 Å². The van der Waals surface area contributed by atoms with Crippen LogP contribution in [0.3, 0.4) is 0 Å². The highest BCUT2D eigenvalue weighted by atomic mass is 16.3. The lowest BCUT2D eigenvalue weighted by atomic mass is 9.81. The molecule has 56 heavy (non-hydrogen) atoms. The van der Waals surface area contributed by atoms with E-state index < -0.39 is 0 Å². The normalized spacial score (nSPS) is 13.0. The molecule has 0 unspecified atom stereocenters. The molecule has 0 radical (unpaired) electrons. The van der Waals surface area contributed by atoms with Crippen molar-refractivity contribution in [3.05, 3.63) is 193 Å². The second-order valence-corrected chi connectivity index (χ2v) is 15.4. The molecular weight excluding hydrogens is 681 g/mol. The number of furan rings is 1. The van der Waals surface area contributed by atoms with Gasteiger partial charge in [-0.25, -0.2) is 9.97 Å². The van der Waals surface area contributed by atoms with Crippen LogP contribution in [-0.4, -0.2) is 9.97 Å². The molecule has 0 saturated carbocycles. The number of hydrogen-bond acceptors (Lipinski definition) is 3.